The van der Waals surface area contributed by atoms with Crippen LogP contribution in [0.1, 0.15) is 31.6 Å². The quantitative estimate of drug-likeness (QED) is 0.824. The third-order valence-electron chi connectivity index (χ3n) is 3.37. The van der Waals surface area contributed by atoms with Crippen molar-refractivity contribution in [2.75, 3.05) is 6.54 Å². The van der Waals surface area contributed by atoms with Gasteiger partial charge in [-0.15, -0.1) is 0 Å². The standard InChI is InChI=1S/C17H22ClNO/c1-4-9-19-13(3)11-15-6-8-17(20-15)16-7-5-14(18)10-12(16)2/h5-8,10,13,19H,4,9,11H2,1-3H3. The summed E-state index contributed by atoms with van der Waals surface area (Å²) in [5.41, 5.74) is 2.24. The van der Waals surface area contributed by atoms with Crippen molar-refractivity contribution in [2.45, 2.75) is 39.7 Å². The van der Waals surface area contributed by atoms with Gasteiger partial charge in [0.25, 0.3) is 0 Å². The fraction of sp³-hybridized carbons (Fsp3) is 0.412. The number of aryl methyl sites for hydroxylation is 1. The number of halogens is 1. The molecule has 0 fully saturated rings. The van der Waals surface area contributed by atoms with E-state index in [4.69, 9.17) is 16.0 Å². The molecule has 2 aromatic rings. The smallest absolute Gasteiger partial charge is 0.134 e. The Bertz CT molecular complexity index is 562. The maximum atomic E-state index is 5.99. The molecule has 2 rings (SSSR count). The summed E-state index contributed by atoms with van der Waals surface area (Å²) in [6.07, 6.45) is 2.06. The summed E-state index contributed by atoms with van der Waals surface area (Å²) in [4.78, 5) is 0. The van der Waals surface area contributed by atoms with Crippen LogP contribution in [-0.2, 0) is 6.42 Å². The van der Waals surface area contributed by atoms with Crippen LogP contribution in [0.15, 0.2) is 34.7 Å². The van der Waals surface area contributed by atoms with Crippen LogP contribution in [0.2, 0.25) is 5.02 Å². The van der Waals surface area contributed by atoms with E-state index < -0.39 is 0 Å². The number of hydrogen-bond acceptors (Lipinski definition) is 2. The van der Waals surface area contributed by atoms with E-state index in [1.165, 1.54) is 0 Å². The molecule has 0 amide bonds. The number of nitrogens with one attached hydrogen (secondary N) is 1. The molecule has 2 nitrogen and oxygen atoms in total. The van der Waals surface area contributed by atoms with Crippen molar-refractivity contribution >= 4 is 11.6 Å². The van der Waals surface area contributed by atoms with Crippen LogP contribution >= 0.6 is 11.6 Å². The lowest BCUT2D eigenvalue weighted by atomic mass is 10.1. The highest BCUT2D eigenvalue weighted by atomic mass is 35.5. The Morgan fingerprint density at radius 2 is 2.05 bits per heavy atom. The van der Waals surface area contributed by atoms with Crippen LogP contribution < -0.4 is 5.32 Å². The van der Waals surface area contributed by atoms with Crippen molar-refractivity contribution in [1.82, 2.24) is 5.32 Å². The Morgan fingerprint density at radius 1 is 1.25 bits per heavy atom. The highest BCUT2D eigenvalue weighted by molar-refractivity contribution is 6.30. The van der Waals surface area contributed by atoms with E-state index >= 15 is 0 Å². The minimum absolute atomic E-state index is 0.431. The molecule has 1 aromatic heterocycles. The van der Waals surface area contributed by atoms with Gasteiger partial charge in [-0.25, -0.2) is 0 Å². The van der Waals surface area contributed by atoms with Gasteiger partial charge in [0.1, 0.15) is 11.5 Å². The second-order valence-electron chi connectivity index (χ2n) is 5.28. The highest BCUT2D eigenvalue weighted by Crippen LogP contribution is 2.28. The fourth-order valence-electron chi connectivity index (χ4n) is 2.30. The van der Waals surface area contributed by atoms with Gasteiger partial charge in [0, 0.05) is 23.0 Å². The maximum absolute atomic E-state index is 5.99. The van der Waals surface area contributed by atoms with E-state index in [1.54, 1.807) is 0 Å². The van der Waals surface area contributed by atoms with Crippen LogP contribution in [0.4, 0.5) is 0 Å². The molecule has 0 spiro atoms. The number of hydrogen-bond donors (Lipinski definition) is 1. The molecule has 3 heteroatoms. The molecule has 1 aromatic carbocycles. The molecular formula is C17H22ClNO. The van der Waals surface area contributed by atoms with Gasteiger partial charge in [0.2, 0.25) is 0 Å². The van der Waals surface area contributed by atoms with Gasteiger partial charge in [0.05, 0.1) is 0 Å². The summed E-state index contributed by atoms with van der Waals surface area (Å²) in [6, 6.07) is 10.4. The molecule has 0 saturated carbocycles. The van der Waals surface area contributed by atoms with Crippen LogP contribution in [-0.4, -0.2) is 12.6 Å². The average Bonchev–Trinajstić information content (AvgIpc) is 2.84. The topological polar surface area (TPSA) is 25.2 Å². The van der Waals surface area contributed by atoms with E-state index in [0.29, 0.717) is 6.04 Å². The fourth-order valence-corrected chi connectivity index (χ4v) is 2.53. The Kier molecular flexibility index (Phi) is 5.27. The number of rotatable bonds is 6. The molecule has 20 heavy (non-hydrogen) atoms. The van der Waals surface area contributed by atoms with Crippen LogP contribution in [0.25, 0.3) is 11.3 Å². The van der Waals surface area contributed by atoms with Gasteiger partial charge in [-0.1, -0.05) is 18.5 Å². The zero-order valence-corrected chi connectivity index (χ0v) is 13.1. The van der Waals surface area contributed by atoms with Crippen molar-refractivity contribution in [3.05, 3.63) is 46.7 Å². The highest BCUT2D eigenvalue weighted by Gasteiger charge is 2.10. The summed E-state index contributed by atoms with van der Waals surface area (Å²) < 4.78 is 5.96. The number of benzene rings is 1. The molecule has 0 saturated heterocycles. The van der Waals surface area contributed by atoms with Gasteiger partial charge < -0.3 is 9.73 Å². The van der Waals surface area contributed by atoms with Gasteiger partial charge in [-0.05, 0) is 62.7 Å². The SMILES string of the molecule is CCCNC(C)Cc1ccc(-c2ccc(Cl)cc2C)o1. The average molecular weight is 292 g/mol. The molecule has 108 valence electrons. The molecule has 0 aliphatic heterocycles. The van der Waals surface area contributed by atoms with E-state index in [-0.39, 0.29) is 0 Å². The third-order valence-corrected chi connectivity index (χ3v) is 3.60. The zero-order valence-electron chi connectivity index (χ0n) is 12.4. The molecule has 0 aliphatic carbocycles. The summed E-state index contributed by atoms with van der Waals surface area (Å²) >= 11 is 5.99. The summed E-state index contributed by atoms with van der Waals surface area (Å²) in [6.45, 7) is 7.46. The van der Waals surface area contributed by atoms with E-state index in [0.717, 1.165) is 47.1 Å². The summed E-state index contributed by atoms with van der Waals surface area (Å²) in [7, 11) is 0. The first kappa shape index (κ1) is 15.1. The summed E-state index contributed by atoms with van der Waals surface area (Å²) in [5, 5.41) is 4.23. The van der Waals surface area contributed by atoms with Crippen molar-refractivity contribution < 1.29 is 4.42 Å². The lowest BCUT2D eigenvalue weighted by molar-refractivity contribution is 0.464. The molecular weight excluding hydrogens is 270 g/mol. The minimum Gasteiger partial charge on any atom is -0.461 e. The van der Waals surface area contributed by atoms with Gasteiger partial charge >= 0.3 is 0 Å². The molecule has 0 radical (unpaired) electrons. The second-order valence-corrected chi connectivity index (χ2v) is 5.72. The molecule has 0 bridgehead atoms. The molecule has 0 aliphatic rings. The predicted octanol–water partition coefficient (Wildman–Crippen LogP) is 4.84. The van der Waals surface area contributed by atoms with Crippen molar-refractivity contribution in [2.24, 2.45) is 0 Å². The first-order chi connectivity index (χ1) is 9.60. The van der Waals surface area contributed by atoms with Crippen molar-refractivity contribution in [3.63, 3.8) is 0 Å². The van der Waals surface area contributed by atoms with Crippen molar-refractivity contribution in [1.29, 1.82) is 0 Å². The van der Waals surface area contributed by atoms with E-state index in [2.05, 4.69) is 32.2 Å². The maximum Gasteiger partial charge on any atom is 0.134 e. The molecule has 1 unspecified atom stereocenters. The van der Waals surface area contributed by atoms with Crippen LogP contribution in [0.3, 0.4) is 0 Å². The largest absolute Gasteiger partial charge is 0.461 e. The first-order valence-electron chi connectivity index (χ1n) is 7.18. The minimum atomic E-state index is 0.431. The second kappa shape index (κ2) is 6.96. The third kappa shape index (κ3) is 3.87. The Hall–Kier alpha value is -1.25. The molecule has 1 atom stereocenters. The zero-order chi connectivity index (χ0) is 14.5. The lowest BCUT2D eigenvalue weighted by Gasteiger charge is -2.11. The van der Waals surface area contributed by atoms with Crippen LogP contribution in [0.5, 0.6) is 0 Å². The lowest BCUT2D eigenvalue weighted by Crippen LogP contribution is -2.28. The predicted molar refractivity (Wildman–Crippen MR) is 85.4 cm³/mol. The monoisotopic (exact) mass is 291 g/mol. The van der Waals surface area contributed by atoms with Gasteiger partial charge in [-0.2, -0.15) is 0 Å². The van der Waals surface area contributed by atoms with E-state index in [9.17, 15) is 0 Å². The van der Waals surface area contributed by atoms with Crippen LogP contribution in [0, 0.1) is 6.92 Å². The Labute approximate surface area is 126 Å². The molecule has 1 N–H and O–H groups in total. The summed E-state index contributed by atoms with van der Waals surface area (Å²) in [5.74, 6) is 1.93. The van der Waals surface area contributed by atoms with Crippen molar-refractivity contribution in [3.8, 4) is 11.3 Å². The normalized spacial score (nSPS) is 12.6. The Morgan fingerprint density at radius 3 is 2.75 bits per heavy atom. The van der Waals surface area contributed by atoms with Gasteiger partial charge in [0.15, 0.2) is 0 Å². The number of furan rings is 1. The van der Waals surface area contributed by atoms with E-state index in [1.807, 2.05) is 24.3 Å². The van der Waals surface area contributed by atoms with Gasteiger partial charge in [-0.3, -0.25) is 0 Å². The Balaban J connectivity index is 2.08. The molecule has 1 heterocycles. The first-order valence-corrected chi connectivity index (χ1v) is 7.56.